The molecule has 28 heavy (non-hydrogen) atoms. The highest BCUT2D eigenvalue weighted by atomic mass is 16.6. The molecule has 0 spiro atoms. The maximum Gasteiger partial charge on any atom is 0.410 e. The highest BCUT2D eigenvalue weighted by molar-refractivity contribution is 5.94. The largest absolute Gasteiger partial charge is 0.490 e. The quantitative estimate of drug-likeness (QED) is 0.824. The molecular formula is C22H32N2O4. The summed E-state index contributed by atoms with van der Waals surface area (Å²) in [5.74, 6) is 0.546. The molecular weight excluding hydrogens is 356 g/mol. The first-order valence-corrected chi connectivity index (χ1v) is 10.3. The third-order valence-corrected chi connectivity index (χ3v) is 5.35. The van der Waals surface area contributed by atoms with Gasteiger partial charge in [0.15, 0.2) is 0 Å². The summed E-state index contributed by atoms with van der Waals surface area (Å²) in [6.07, 6.45) is 5.19. The van der Waals surface area contributed by atoms with E-state index in [1.54, 1.807) is 4.90 Å². The molecule has 0 radical (unpaired) electrons. The van der Waals surface area contributed by atoms with Crippen LogP contribution in [0.4, 0.5) is 10.5 Å². The first kappa shape index (κ1) is 20.5. The van der Waals surface area contributed by atoms with Gasteiger partial charge in [0.25, 0.3) is 0 Å². The predicted octanol–water partition coefficient (Wildman–Crippen LogP) is 4.51. The topological polar surface area (TPSA) is 67.9 Å². The van der Waals surface area contributed by atoms with Crippen LogP contribution in [0.2, 0.25) is 0 Å². The lowest BCUT2D eigenvalue weighted by Crippen LogP contribution is -2.36. The molecule has 154 valence electrons. The van der Waals surface area contributed by atoms with Crippen molar-refractivity contribution in [3.8, 4) is 5.75 Å². The van der Waals surface area contributed by atoms with Crippen molar-refractivity contribution in [3.63, 3.8) is 0 Å². The van der Waals surface area contributed by atoms with Crippen LogP contribution in [-0.4, -0.2) is 41.7 Å². The number of likely N-dealkylation sites (tertiary alicyclic amines) is 1. The number of anilines is 1. The lowest BCUT2D eigenvalue weighted by molar-refractivity contribution is -0.119. The number of carbonyl (C=O) groups is 2. The molecule has 2 amide bonds. The lowest BCUT2D eigenvalue weighted by atomic mass is 10.1. The van der Waals surface area contributed by atoms with E-state index in [0.29, 0.717) is 19.5 Å². The van der Waals surface area contributed by atoms with Crippen molar-refractivity contribution in [2.45, 2.75) is 71.5 Å². The molecule has 1 aromatic rings. The fraction of sp³-hybridized carbons (Fsp3) is 0.636. The van der Waals surface area contributed by atoms with Crippen LogP contribution in [0, 0.1) is 12.8 Å². The van der Waals surface area contributed by atoms with Gasteiger partial charge in [-0.15, -0.1) is 0 Å². The third kappa shape index (κ3) is 5.18. The first-order chi connectivity index (χ1) is 13.2. The third-order valence-electron chi connectivity index (χ3n) is 5.35. The van der Waals surface area contributed by atoms with E-state index in [4.69, 9.17) is 9.47 Å². The average Bonchev–Trinajstić information content (AvgIpc) is 3.28. The van der Waals surface area contributed by atoms with Gasteiger partial charge in [0.2, 0.25) is 5.91 Å². The van der Waals surface area contributed by atoms with Gasteiger partial charge in [-0.1, -0.05) is 6.07 Å². The van der Waals surface area contributed by atoms with Gasteiger partial charge >= 0.3 is 6.09 Å². The van der Waals surface area contributed by atoms with Crippen LogP contribution in [-0.2, 0) is 9.53 Å². The van der Waals surface area contributed by atoms with E-state index < -0.39 is 5.60 Å². The Kier molecular flexibility index (Phi) is 6.16. The summed E-state index contributed by atoms with van der Waals surface area (Å²) >= 11 is 0. The van der Waals surface area contributed by atoms with Crippen molar-refractivity contribution in [1.29, 1.82) is 0 Å². The molecule has 1 saturated heterocycles. The second-order valence-electron chi connectivity index (χ2n) is 8.85. The molecule has 1 aromatic carbocycles. The van der Waals surface area contributed by atoms with Gasteiger partial charge in [-0.05, 0) is 71.9 Å². The number of ether oxygens (including phenoxy) is 2. The number of benzene rings is 1. The van der Waals surface area contributed by atoms with Gasteiger partial charge < -0.3 is 19.7 Å². The van der Waals surface area contributed by atoms with E-state index in [1.165, 1.54) is 12.8 Å². The van der Waals surface area contributed by atoms with Crippen LogP contribution in [0.15, 0.2) is 18.2 Å². The summed E-state index contributed by atoms with van der Waals surface area (Å²) in [6, 6.07) is 5.77. The Morgan fingerprint density at radius 2 is 1.86 bits per heavy atom. The molecule has 0 aromatic heterocycles. The highest BCUT2D eigenvalue weighted by Gasteiger charge is 2.33. The van der Waals surface area contributed by atoms with Crippen LogP contribution >= 0.6 is 0 Å². The zero-order valence-electron chi connectivity index (χ0n) is 17.4. The minimum atomic E-state index is -0.533. The van der Waals surface area contributed by atoms with E-state index in [-0.39, 0.29) is 24.0 Å². The summed E-state index contributed by atoms with van der Waals surface area (Å²) in [6.45, 7) is 8.42. The number of amides is 2. The van der Waals surface area contributed by atoms with E-state index in [0.717, 1.165) is 29.8 Å². The first-order valence-electron chi connectivity index (χ1n) is 10.3. The second-order valence-corrected chi connectivity index (χ2v) is 8.85. The smallest absolute Gasteiger partial charge is 0.410 e. The SMILES string of the molecule is Cc1c(NC(=O)C2CCN(C(=O)OC(C)(C)C)C2)cccc1OC1CCCC1. The Hall–Kier alpha value is -2.24. The lowest BCUT2D eigenvalue weighted by Gasteiger charge is -2.24. The molecule has 1 unspecified atom stereocenters. The van der Waals surface area contributed by atoms with Gasteiger partial charge in [-0.3, -0.25) is 4.79 Å². The zero-order valence-corrected chi connectivity index (χ0v) is 17.4. The van der Waals surface area contributed by atoms with Gasteiger partial charge in [0.05, 0.1) is 12.0 Å². The highest BCUT2D eigenvalue weighted by Crippen LogP contribution is 2.31. The number of nitrogens with zero attached hydrogens (tertiary/aromatic N) is 1. The van der Waals surface area contributed by atoms with Crippen LogP contribution in [0.25, 0.3) is 0 Å². The monoisotopic (exact) mass is 388 g/mol. The fourth-order valence-corrected chi connectivity index (χ4v) is 3.76. The average molecular weight is 389 g/mol. The Balaban J connectivity index is 1.58. The Morgan fingerprint density at radius 1 is 1.14 bits per heavy atom. The summed E-state index contributed by atoms with van der Waals surface area (Å²) in [4.78, 5) is 26.6. The van der Waals surface area contributed by atoms with Crippen LogP contribution < -0.4 is 10.1 Å². The standard InChI is InChI=1S/C22H32N2O4/c1-15-18(10-7-11-19(15)27-17-8-5-6-9-17)23-20(25)16-12-13-24(14-16)21(26)28-22(2,3)4/h7,10-11,16-17H,5-6,8-9,12-14H2,1-4H3,(H,23,25). The Morgan fingerprint density at radius 3 is 2.54 bits per heavy atom. The minimum absolute atomic E-state index is 0.0628. The number of hydrogen-bond acceptors (Lipinski definition) is 4. The number of carbonyl (C=O) groups excluding carboxylic acids is 2. The van der Waals surface area contributed by atoms with Gasteiger partial charge in [-0.2, -0.15) is 0 Å². The molecule has 3 rings (SSSR count). The fourth-order valence-electron chi connectivity index (χ4n) is 3.76. The van der Waals surface area contributed by atoms with E-state index in [2.05, 4.69) is 5.32 Å². The molecule has 6 nitrogen and oxygen atoms in total. The summed E-state index contributed by atoms with van der Waals surface area (Å²) < 4.78 is 11.5. The molecule has 6 heteroatoms. The van der Waals surface area contributed by atoms with Crippen molar-refractivity contribution >= 4 is 17.7 Å². The second kappa shape index (κ2) is 8.41. The molecule has 0 bridgehead atoms. The van der Waals surface area contributed by atoms with Crippen molar-refractivity contribution in [2.75, 3.05) is 18.4 Å². The maximum absolute atomic E-state index is 12.7. The molecule has 1 saturated carbocycles. The van der Waals surface area contributed by atoms with Crippen molar-refractivity contribution in [1.82, 2.24) is 4.90 Å². The van der Waals surface area contributed by atoms with Gasteiger partial charge in [0, 0.05) is 24.3 Å². The van der Waals surface area contributed by atoms with Crippen molar-refractivity contribution in [3.05, 3.63) is 23.8 Å². The van der Waals surface area contributed by atoms with Crippen molar-refractivity contribution in [2.24, 2.45) is 5.92 Å². The van der Waals surface area contributed by atoms with E-state index in [1.807, 2.05) is 45.9 Å². The zero-order chi connectivity index (χ0) is 20.3. The number of hydrogen-bond donors (Lipinski definition) is 1. The van der Waals surface area contributed by atoms with Crippen LogP contribution in [0.3, 0.4) is 0 Å². The molecule has 1 aliphatic carbocycles. The number of nitrogens with one attached hydrogen (secondary N) is 1. The van der Waals surface area contributed by atoms with Crippen LogP contribution in [0.1, 0.15) is 58.4 Å². The summed E-state index contributed by atoms with van der Waals surface area (Å²) in [7, 11) is 0. The normalized spacial score (nSPS) is 20.3. The molecule has 1 aliphatic heterocycles. The number of rotatable bonds is 4. The predicted molar refractivity (Wildman–Crippen MR) is 109 cm³/mol. The minimum Gasteiger partial charge on any atom is -0.490 e. The molecule has 2 fully saturated rings. The Bertz CT molecular complexity index is 720. The summed E-state index contributed by atoms with van der Waals surface area (Å²) in [5, 5.41) is 3.03. The summed E-state index contributed by atoms with van der Waals surface area (Å²) in [5.41, 5.74) is 1.19. The maximum atomic E-state index is 12.7. The molecule has 1 heterocycles. The Labute approximate surface area is 167 Å². The van der Waals surface area contributed by atoms with Gasteiger partial charge in [0.1, 0.15) is 11.4 Å². The van der Waals surface area contributed by atoms with E-state index >= 15 is 0 Å². The molecule has 1 N–H and O–H groups in total. The van der Waals surface area contributed by atoms with Crippen LogP contribution in [0.5, 0.6) is 5.75 Å². The molecule has 1 atom stereocenters. The molecule has 2 aliphatic rings. The van der Waals surface area contributed by atoms with Crippen molar-refractivity contribution < 1.29 is 19.1 Å². The van der Waals surface area contributed by atoms with Gasteiger partial charge in [-0.25, -0.2) is 4.79 Å². The van der Waals surface area contributed by atoms with E-state index in [9.17, 15) is 9.59 Å².